The second-order valence-electron chi connectivity index (χ2n) is 15.4. The number of ketones is 1. The molecule has 0 unspecified atom stereocenters. The van der Waals surface area contributed by atoms with Crippen molar-refractivity contribution in [1.82, 2.24) is 16.0 Å². The van der Waals surface area contributed by atoms with Crippen molar-refractivity contribution in [3.63, 3.8) is 0 Å². The lowest BCUT2D eigenvalue weighted by atomic mass is 10.0. The van der Waals surface area contributed by atoms with Crippen molar-refractivity contribution >= 4 is 17.6 Å². The van der Waals surface area contributed by atoms with Gasteiger partial charge in [-0.1, -0.05) is 12.8 Å². The van der Waals surface area contributed by atoms with Crippen LogP contribution in [0.3, 0.4) is 0 Å². The Labute approximate surface area is 388 Å². The minimum atomic E-state index is -0.580. The van der Waals surface area contributed by atoms with Gasteiger partial charge in [0.2, 0.25) is 11.7 Å². The van der Waals surface area contributed by atoms with E-state index in [0.717, 1.165) is 70.6 Å². The van der Waals surface area contributed by atoms with E-state index in [2.05, 4.69) is 33.7 Å². The van der Waals surface area contributed by atoms with Gasteiger partial charge in [-0.2, -0.15) is 0 Å². The molecule has 65 heavy (non-hydrogen) atoms. The van der Waals surface area contributed by atoms with E-state index in [0.29, 0.717) is 144 Å². The zero-order valence-electron chi connectivity index (χ0n) is 38.8. The maximum absolute atomic E-state index is 13.4. The van der Waals surface area contributed by atoms with Crippen LogP contribution in [0.1, 0.15) is 126 Å². The van der Waals surface area contributed by atoms with Gasteiger partial charge in [-0.3, -0.25) is 14.4 Å². The third kappa shape index (κ3) is 25.5. The average Bonchev–Trinajstić information content (AvgIpc) is 3.30. The maximum atomic E-state index is 13.4. The highest BCUT2D eigenvalue weighted by molar-refractivity contribution is 5.95. The Morgan fingerprint density at radius 2 is 1.02 bits per heavy atom. The molecule has 0 saturated carbocycles. The van der Waals surface area contributed by atoms with Crippen molar-refractivity contribution in [2.24, 2.45) is 11.5 Å². The van der Waals surface area contributed by atoms with Crippen LogP contribution in [0.5, 0.6) is 34.5 Å². The van der Waals surface area contributed by atoms with E-state index >= 15 is 0 Å². The van der Waals surface area contributed by atoms with Gasteiger partial charge in [0, 0.05) is 69.0 Å². The zero-order chi connectivity index (χ0) is 47.2. The van der Waals surface area contributed by atoms with E-state index in [-0.39, 0.29) is 24.0 Å². The van der Waals surface area contributed by atoms with Gasteiger partial charge in [-0.25, -0.2) is 0 Å². The number of amides is 2. The molecule has 0 aliphatic heterocycles. The van der Waals surface area contributed by atoms with E-state index in [1.54, 1.807) is 31.3 Å². The summed E-state index contributed by atoms with van der Waals surface area (Å²) < 4.78 is 36.0. The molecule has 358 valence electrons. The molecule has 0 heterocycles. The topological polar surface area (TPSA) is 195 Å². The molecular weight excluding hydrogens is 827 g/mol. The highest BCUT2D eigenvalue weighted by atomic mass is 16.5. The van der Waals surface area contributed by atoms with Gasteiger partial charge in [-0.05, 0) is 103 Å². The van der Waals surface area contributed by atoms with E-state index in [9.17, 15) is 14.4 Å². The first-order chi connectivity index (χ1) is 31.8. The Kier molecular flexibility index (Phi) is 31.4. The number of carbonyl (C=O) groups is 3. The Morgan fingerprint density at radius 3 is 1.51 bits per heavy atom. The second kappa shape index (κ2) is 36.7. The van der Waals surface area contributed by atoms with Crippen molar-refractivity contribution < 1.29 is 42.8 Å². The fourth-order valence-electron chi connectivity index (χ4n) is 6.31. The minimum absolute atomic E-state index is 0.0135. The first kappa shape index (κ1) is 55.5. The number of nitrogens with two attached hydrogens (primary N) is 2. The summed E-state index contributed by atoms with van der Waals surface area (Å²) >= 11 is 0. The van der Waals surface area contributed by atoms with Gasteiger partial charge < -0.3 is 55.8 Å². The molecule has 2 aromatic carbocycles. The van der Waals surface area contributed by atoms with Crippen LogP contribution in [0.15, 0.2) is 30.3 Å². The van der Waals surface area contributed by atoms with Crippen LogP contribution in [-0.2, 0) is 9.59 Å². The third-order valence-corrected chi connectivity index (χ3v) is 9.95. The minimum Gasteiger partial charge on any atom is -0.493 e. The van der Waals surface area contributed by atoms with E-state index in [4.69, 9.17) is 59.2 Å². The molecule has 0 spiro atoms. The molecule has 0 bridgehead atoms. The van der Waals surface area contributed by atoms with Gasteiger partial charge >= 0.3 is 0 Å². The van der Waals surface area contributed by atoms with E-state index in [1.165, 1.54) is 0 Å². The smallest absolute Gasteiger partial charge is 0.251 e. The number of nitrogens with one attached hydrogen (secondary N) is 3. The number of hydrogen-bond acceptors (Lipinski definition) is 12. The summed E-state index contributed by atoms with van der Waals surface area (Å²) in [6.45, 7) is 4.46. The third-order valence-electron chi connectivity index (χ3n) is 9.95. The van der Waals surface area contributed by atoms with Gasteiger partial charge in [0.15, 0.2) is 11.5 Å². The molecule has 7 N–H and O–H groups in total. The number of carbonyl (C=O) groups excluding carboxylic acids is 3. The summed E-state index contributed by atoms with van der Waals surface area (Å²) in [5.41, 5.74) is 11.6. The number of terminal acetylenes is 3. The van der Waals surface area contributed by atoms with Crippen molar-refractivity contribution in [3.05, 3.63) is 35.9 Å². The molecule has 2 rings (SSSR count). The number of Topliss-reactive ketones (excluding diaryl/α,β-unsaturated/α-hetero) is 1. The molecule has 0 aliphatic rings. The van der Waals surface area contributed by atoms with Crippen LogP contribution in [0, 0.1) is 37.0 Å². The normalized spacial score (nSPS) is 11.0. The number of hydrogen-bond donors (Lipinski definition) is 5. The van der Waals surface area contributed by atoms with Crippen molar-refractivity contribution in [2.45, 2.75) is 122 Å². The predicted molar refractivity (Wildman–Crippen MR) is 257 cm³/mol. The number of rotatable bonds is 40. The number of ether oxygens (including phenoxy) is 6. The molecule has 1 atom stereocenters. The Morgan fingerprint density at radius 1 is 0.554 bits per heavy atom. The Hall–Kier alpha value is -5.59. The first-order valence-corrected chi connectivity index (χ1v) is 23.3. The fourth-order valence-corrected chi connectivity index (χ4v) is 6.31. The Bertz CT molecular complexity index is 1710. The summed E-state index contributed by atoms with van der Waals surface area (Å²) in [7, 11) is 1.68. The largest absolute Gasteiger partial charge is 0.493 e. The van der Waals surface area contributed by atoms with Crippen LogP contribution in [-0.4, -0.2) is 96.5 Å². The number of likely N-dealkylation sites (N-methyl/N-ethyl adjacent to an activating group) is 1. The fraction of sp³-hybridized carbons (Fsp3) is 0.588. The van der Waals surface area contributed by atoms with Crippen molar-refractivity contribution in [1.29, 1.82) is 0 Å². The molecule has 14 nitrogen and oxygen atoms in total. The molecule has 0 aromatic heterocycles. The first-order valence-electron chi connectivity index (χ1n) is 23.3. The molecule has 14 heteroatoms. The van der Waals surface area contributed by atoms with Crippen LogP contribution in [0.4, 0.5) is 0 Å². The number of unbranched alkanes of at least 4 members (excludes halogenated alkanes) is 9. The summed E-state index contributed by atoms with van der Waals surface area (Å²) in [6.07, 6.45) is 28.4. The second-order valence-corrected chi connectivity index (χ2v) is 15.4. The van der Waals surface area contributed by atoms with Gasteiger partial charge in [0.25, 0.3) is 5.91 Å². The predicted octanol–water partition coefficient (Wildman–Crippen LogP) is 6.50. The molecule has 2 amide bonds. The van der Waals surface area contributed by atoms with Crippen molar-refractivity contribution in [2.75, 3.05) is 72.9 Å². The highest BCUT2D eigenvalue weighted by Crippen LogP contribution is 2.40. The van der Waals surface area contributed by atoms with Gasteiger partial charge in [0.1, 0.15) is 23.0 Å². The van der Waals surface area contributed by atoms with Crippen molar-refractivity contribution in [3.8, 4) is 71.5 Å². The summed E-state index contributed by atoms with van der Waals surface area (Å²) in [6, 6.07) is 8.21. The van der Waals surface area contributed by atoms with Gasteiger partial charge in [0.05, 0.1) is 45.7 Å². The molecular formula is C51H75N5O9. The van der Waals surface area contributed by atoms with E-state index < -0.39 is 6.04 Å². The zero-order valence-corrected chi connectivity index (χ0v) is 38.8. The quantitative estimate of drug-likeness (QED) is 0.0361. The average molecular weight is 902 g/mol. The molecule has 0 aliphatic carbocycles. The summed E-state index contributed by atoms with van der Waals surface area (Å²) in [5, 5.41) is 8.89. The SMILES string of the molecule is C#CCCCCOc1cc(C(=O)NCCCCCCC(=O)[C@H](CC(=O)NCCCOc2cc(OCCCN)cc(OCCCN)c2)NC)cc(OCCCCC#C)c1OCCCCC#C. The van der Waals surface area contributed by atoms with Crippen LogP contribution < -0.4 is 55.8 Å². The lowest BCUT2D eigenvalue weighted by Crippen LogP contribution is -2.39. The monoisotopic (exact) mass is 902 g/mol. The molecule has 0 radical (unpaired) electrons. The lowest BCUT2D eigenvalue weighted by Gasteiger charge is -2.19. The summed E-state index contributed by atoms with van der Waals surface area (Å²) in [5.74, 6) is 10.6. The van der Waals surface area contributed by atoms with E-state index in [1.807, 2.05) is 6.07 Å². The molecule has 0 saturated heterocycles. The number of benzene rings is 2. The maximum Gasteiger partial charge on any atom is 0.251 e. The summed E-state index contributed by atoms with van der Waals surface area (Å²) in [4.78, 5) is 39.1. The van der Waals surface area contributed by atoms with Crippen LogP contribution >= 0.6 is 0 Å². The Balaban J connectivity index is 1.82. The van der Waals surface area contributed by atoms with Crippen LogP contribution in [0.2, 0.25) is 0 Å². The van der Waals surface area contributed by atoms with Crippen LogP contribution in [0.25, 0.3) is 0 Å². The molecule has 0 fully saturated rings. The standard InChI is InChI=1S/C51H75N5O9/c1-5-8-11-18-29-63-47-35-41(36-48(64-30-19-12-9-6-2)50(47)65-31-20-13-10-7-3)51(59)56-27-17-15-14-16-24-46(57)45(54-4)40-49(58)55-28-23-34-62-44-38-42(60-32-21-25-52)37-43(39-44)61-33-22-26-53/h1-3,35-39,45,54H,8-34,40,52-53H2,4H3,(H,55,58)(H,56,59)/t45-/m0/s1. The lowest BCUT2D eigenvalue weighted by molar-refractivity contribution is -0.127. The van der Waals surface area contributed by atoms with Gasteiger partial charge in [-0.15, -0.1) is 37.0 Å². The molecule has 2 aromatic rings. The highest BCUT2D eigenvalue weighted by Gasteiger charge is 2.21.